The molecule has 0 saturated heterocycles. The molecule has 2 aromatic heterocycles. The van der Waals surface area contributed by atoms with E-state index >= 15 is 0 Å². The summed E-state index contributed by atoms with van der Waals surface area (Å²) in [4.78, 5) is 22.5. The summed E-state index contributed by atoms with van der Waals surface area (Å²) < 4.78 is 7.04. The van der Waals surface area contributed by atoms with Gasteiger partial charge in [-0.3, -0.25) is 4.79 Å². The predicted octanol–water partition coefficient (Wildman–Crippen LogP) is 1.65. The van der Waals surface area contributed by atoms with Crippen LogP contribution in [0.2, 0.25) is 0 Å². The molecule has 0 unspecified atom stereocenters. The lowest BCUT2D eigenvalue weighted by Crippen LogP contribution is -2.21. The minimum atomic E-state index is -1.16. The number of aromatic nitrogens is 2. The van der Waals surface area contributed by atoms with Gasteiger partial charge in [0.25, 0.3) is 5.56 Å². The van der Waals surface area contributed by atoms with E-state index < -0.39 is 5.97 Å². The fourth-order valence-corrected chi connectivity index (χ4v) is 2.10. The van der Waals surface area contributed by atoms with Crippen LogP contribution < -0.4 is 5.56 Å². The van der Waals surface area contributed by atoms with E-state index in [9.17, 15) is 9.59 Å². The third-order valence-electron chi connectivity index (χ3n) is 2.34. The number of hydrogen-bond acceptors (Lipinski definition) is 4. The maximum atomic E-state index is 11.8. The molecule has 0 fully saturated rings. The maximum absolute atomic E-state index is 11.8. The van der Waals surface area contributed by atoms with Gasteiger partial charge < -0.3 is 14.2 Å². The van der Waals surface area contributed by atoms with Crippen molar-refractivity contribution in [2.24, 2.45) is 0 Å². The molecule has 0 saturated carbocycles. The smallest absolute Gasteiger partial charge is 0.358 e. The molecule has 0 radical (unpaired) electrons. The van der Waals surface area contributed by atoms with E-state index in [4.69, 9.17) is 9.63 Å². The van der Waals surface area contributed by atoms with Crippen LogP contribution in [0.25, 0.3) is 0 Å². The van der Waals surface area contributed by atoms with Crippen molar-refractivity contribution in [3.05, 3.63) is 50.2 Å². The van der Waals surface area contributed by atoms with E-state index in [1.165, 1.54) is 10.6 Å². The molecule has 6 nitrogen and oxygen atoms in total. The number of aryl methyl sites for hydroxylation is 1. The third kappa shape index (κ3) is 2.51. The van der Waals surface area contributed by atoms with Crippen LogP contribution in [0.1, 0.15) is 21.8 Å². The molecule has 7 heteroatoms. The first-order chi connectivity index (χ1) is 8.47. The van der Waals surface area contributed by atoms with E-state index in [0.717, 1.165) is 4.47 Å². The normalized spacial score (nSPS) is 10.6. The SMILES string of the molecule is Cc1cc(Br)cn(Cc2cc(C(=O)O)no2)c1=O. The second-order valence-corrected chi connectivity index (χ2v) is 4.67. The van der Waals surface area contributed by atoms with E-state index in [1.54, 1.807) is 19.2 Å². The lowest BCUT2D eigenvalue weighted by molar-refractivity contribution is 0.0685. The molecule has 0 atom stereocenters. The zero-order valence-corrected chi connectivity index (χ0v) is 11.0. The number of nitrogens with zero attached hydrogens (tertiary/aromatic N) is 2. The van der Waals surface area contributed by atoms with Crippen molar-refractivity contribution in [1.29, 1.82) is 0 Å². The molecular weight excluding hydrogens is 304 g/mol. The van der Waals surface area contributed by atoms with Gasteiger partial charge in [0.15, 0.2) is 11.5 Å². The quantitative estimate of drug-likeness (QED) is 0.931. The first-order valence-electron chi connectivity index (χ1n) is 5.03. The van der Waals surface area contributed by atoms with Crippen molar-refractivity contribution >= 4 is 21.9 Å². The van der Waals surface area contributed by atoms with Gasteiger partial charge in [0.1, 0.15) is 0 Å². The summed E-state index contributed by atoms with van der Waals surface area (Å²) in [6.45, 7) is 1.84. The highest BCUT2D eigenvalue weighted by molar-refractivity contribution is 9.10. The van der Waals surface area contributed by atoms with Crippen molar-refractivity contribution < 1.29 is 14.4 Å². The third-order valence-corrected chi connectivity index (χ3v) is 2.77. The first kappa shape index (κ1) is 12.6. The summed E-state index contributed by atoms with van der Waals surface area (Å²) >= 11 is 3.29. The lowest BCUT2D eigenvalue weighted by atomic mass is 10.3. The Morgan fingerprint density at radius 1 is 1.56 bits per heavy atom. The summed E-state index contributed by atoms with van der Waals surface area (Å²) in [5.74, 6) is -0.852. The average Bonchev–Trinajstić information content (AvgIpc) is 2.74. The fourth-order valence-electron chi connectivity index (χ4n) is 1.51. The van der Waals surface area contributed by atoms with Crippen molar-refractivity contribution in [3.63, 3.8) is 0 Å². The number of pyridine rings is 1. The Kier molecular flexibility index (Phi) is 3.33. The molecule has 0 aliphatic carbocycles. The molecule has 2 rings (SSSR count). The van der Waals surface area contributed by atoms with Crippen LogP contribution in [-0.2, 0) is 6.54 Å². The van der Waals surface area contributed by atoms with Gasteiger partial charge in [-0.25, -0.2) is 4.79 Å². The number of carbonyl (C=O) groups is 1. The van der Waals surface area contributed by atoms with Crippen LogP contribution in [0.15, 0.2) is 32.1 Å². The number of aromatic carboxylic acids is 1. The van der Waals surface area contributed by atoms with Crippen molar-refractivity contribution in [2.45, 2.75) is 13.5 Å². The zero-order chi connectivity index (χ0) is 13.3. The second-order valence-electron chi connectivity index (χ2n) is 3.76. The molecule has 0 aliphatic heterocycles. The number of halogens is 1. The van der Waals surface area contributed by atoms with Gasteiger partial charge in [-0.1, -0.05) is 5.16 Å². The molecule has 0 bridgehead atoms. The van der Waals surface area contributed by atoms with Gasteiger partial charge in [-0.05, 0) is 28.9 Å². The molecular formula is C11H9BrN2O4. The summed E-state index contributed by atoms with van der Waals surface area (Å²) in [6.07, 6.45) is 1.61. The topological polar surface area (TPSA) is 85.3 Å². The number of hydrogen-bond donors (Lipinski definition) is 1. The number of rotatable bonds is 3. The highest BCUT2D eigenvalue weighted by atomic mass is 79.9. The van der Waals surface area contributed by atoms with Crippen molar-refractivity contribution in [2.75, 3.05) is 0 Å². The minimum absolute atomic E-state index is 0.138. The first-order valence-corrected chi connectivity index (χ1v) is 5.82. The second kappa shape index (κ2) is 4.77. The summed E-state index contributed by atoms with van der Waals surface area (Å²) in [6, 6.07) is 3.01. The molecule has 94 valence electrons. The summed E-state index contributed by atoms with van der Waals surface area (Å²) in [5, 5.41) is 12.1. The monoisotopic (exact) mass is 312 g/mol. The summed E-state index contributed by atoms with van der Waals surface area (Å²) in [7, 11) is 0. The van der Waals surface area contributed by atoms with Crippen LogP contribution in [-0.4, -0.2) is 20.8 Å². The maximum Gasteiger partial charge on any atom is 0.358 e. The molecule has 18 heavy (non-hydrogen) atoms. The molecule has 0 aliphatic rings. The Labute approximate surface area is 110 Å². The Morgan fingerprint density at radius 2 is 2.28 bits per heavy atom. The molecule has 2 heterocycles. The van der Waals surface area contributed by atoms with E-state index in [1.807, 2.05) is 0 Å². The van der Waals surface area contributed by atoms with Crippen molar-refractivity contribution in [3.8, 4) is 0 Å². The van der Waals surface area contributed by atoms with E-state index in [2.05, 4.69) is 21.1 Å². The molecule has 0 spiro atoms. The average molecular weight is 313 g/mol. The van der Waals surface area contributed by atoms with Gasteiger partial charge in [0, 0.05) is 22.3 Å². The summed E-state index contributed by atoms with van der Waals surface area (Å²) in [5.41, 5.74) is 0.249. The number of carboxylic acids is 1. The van der Waals surface area contributed by atoms with E-state index in [-0.39, 0.29) is 17.8 Å². The van der Waals surface area contributed by atoms with Gasteiger partial charge in [-0.15, -0.1) is 0 Å². The minimum Gasteiger partial charge on any atom is -0.476 e. The zero-order valence-electron chi connectivity index (χ0n) is 9.38. The largest absolute Gasteiger partial charge is 0.476 e. The van der Waals surface area contributed by atoms with Crippen LogP contribution in [0.5, 0.6) is 0 Å². The van der Waals surface area contributed by atoms with Crippen LogP contribution in [0.4, 0.5) is 0 Å². The molecule has 0 aromatic carbocycles. The van der Waals surface area contributed by atoms with Gasteiger partial charge in [0.2, 0.25) is 0 Å². The Balaban J connectivity index is 2.34. The van der Waals surface area contributed by atoms with Crippen LogP contribution in [0.3, 0.4) is 0 Å². The fraction of sp³-hybridized carbons (Fsp3) is 0.182. The molecule has 0 amide bonds. The van der Waals surface area contributed by atoms with Crippen LogP contribution in [0, 0.1) is 6.92 Å². The molecule has 1 N–H and O–H groups in total. The standard InChI is InChI=1S/C11H9BrN2O4/c1-6-2-7(12)4-14(10(6)15)5-8-3-9(11(16)17)13-18-8/h2-4H,5H2,1H3,(H,16,17). The Morgan fingerprint density at radius 3 is 2.89 bits per heavy atom. The van der Waals surface area contributed by atoms with Crippen molar-refractivity contribution in [1.82, 2.24) is 9.72 Å². The molecule has 2 aromatic rings. The van der Waals surface area contributed by atoms with Gasteiger partial charge >= 0.3 is 5.97 Å². The van der Waals surface area contributed by atoms with Gasteiger partial charge in [-0.2, -0.15) is 0 Å². The van der Waals surface area contributed by atoms with E-state index in [0.29, 0.717) is 11.3 Å². The Hall–Kier alpha value is -1.89. The highest BCUT2D eigenvalue weighted by Crippen LogP contribution is 2.10. The highest BCUT2D eigenvalue weighted by Gasteiger charge is 2.12. The number of carboxylic acid groups (broad SMARTS) is 1. The van der Waals surface area contributed by atoms with Gasteiger partial charge in [0.05, 0.1) is 6.54 Å². The predicted molar refractivity (Wildman–Crippen MR) is 65.7 cm³/mol. The Bertz CT molecular complexity index is 659. The van der Waals surface area contributed by atoms with Crippen LogP contribution >= 0.6 is 15.9 Å². The lowest BCUT2D eigenvalue weighted by Gasteiger charge is -2.04.